The van der Waals surface area contributed by atoms with Crippen LogP contribution >= 0.6 is 0 Å². The molecule has 0 unspecified atom stereocenters. The van der Waals surface area contributed by atoms with E-state index in [9.17, 15) is 4.79 Å². The Morgan fingerprint density at radius 2 is 1.69 bits per heavy atom. The molecule has 26 heavy (non-hydrogen) atoms. The Bertz CT molecular complexity index is 922. The fraction of sp³-hybridized carbons (Fsp3) is 0.158. The molecule has 134 valence electrons. The third-order valence-electron chi connectivity index (χ3n) is 3.88. The summed E-state index contributed by atoms with van der Waals surface area (Å²) in [6.45, 7) is 0. The molecule has 7 heteroatoms. The molecule has 0 aliphatic heterocycles. The summed E-state index contributed by atoms with van der Waals surface area (Å²) in [5, 5.41) is 4.82. The van der Waals surface area contributed by atoms with Crippen molar-refractivity contribution in [3.05, 3.63) is 53.7 Å². The van der Waals surface area contributed by atoms with Crippen molar-refractivity contribution in [2.75, 3.05) is 21.3 Å². The summed E-state index contributed by atoms with van der Waals surface area (Å²) in [7, 11) is 4.71. The van der Waals surface area contributed by atoms with Crippen molar-refractivity contribution in [2.24, 2.45) is 5.10 Å². The van der Waals surface area contributed by atoms with E-state index in [1.54, 1.807) is 39.5 Å². The number of carbonyl (C=O) groups is 1. The highest BCUT2D eigenvalue weighted by Gasteiger charge is 2.12. The maximum Gasteiger partial charge on any atom is 0.287 e. The lowest BCUT2D eigenvalue weighted by Crippen LogP contribution is -2.17. The molecule has 0 atom stereocenters. The van der Waals surface area contributed by atoms with Crippen LogP contribution < -0.4 is 19.6 Å². The van der Waals surface area contributed by atoms with Gasteiger partial charge in [-0.2, -0.15) is 5.10 Å². The van der Waals surface area contributed by atoms with Crippen molar-refractivity contribution in [3.63, 3.8) is 0 Å². The van der Waals surface area contributed by atoms with Gasteiger partial charge in [0.05, 0.1) is 27.5 Å². The molecule has 0 saturated carbocycles. The lowest BCUT2D eigenvalue weighted by atomic mass is 10.2. The van der Waals surface area contributed by atoms with Crippen molar-refractivity contribution < 1.29 is 19.0 Å². The van der Waals surface area contributed by atoms with E-state index in [1.807, 2.05) is 24.3 Å². The first-order valence-electron chi connectivity index (χ1n) is 7.87. The third kappa shape index (κ3) is 3.46. The Kier molecular flexibility index (Phi) is 5.07. The summed E-state index contributed by atoms with van der Waals surface area (Å²) in [5.74, 6) is 1.50. The summed E-state index contributed by atoms with van der Waals surface area (Å²) in [4.78, 5) is 15.4. The largest absolute Gasteiger partial charge is 0.496 e. The quantitative estimate of drug-likeness (QED) is 0.527. The van der Waals surface area contributed by atoms with Crippen LogP contribution in [0.15, 0.2) is 47.6 Å². The number of fused-ring (bicyclic) bond motifs is 1. The van der Waals surface area contributed by atoms with E-state index in [1.165, 1.54) is 6.21 Å². The van der Waals surface area contributed by atoms with E-state index in [-0.39, 0.29) is 5.91 Å². The number of aromatic amines is 1. The van der Waals surface area contributed by atoms with Gasteiger partial charge in [0.25, 0.3) is 5.91 Å². The van der Waals surface area contributed by atoms with Crippen molar-refractivity contribution in [1.82, 2.24) is 10.4 Å². The molecule has 0 spiro atoms. The molecule has 7 nitrogen and oxygen atoms in total. The molecule has 1 heterocycles. The van der Waals surface area contributed by atoms with Gasteiger partial charge in [-0.3, -0.25) is 4.79 Å². The zero-order chi connectivity index (χ0) is 18.5. The first-order chi connectivity index (χ1) is 12.7. The summed E-state index contributed by atoms with van der Waals surface area (Å²) in [5.41, 5.74) is 4.41. The topological polar surface area (TPSA) is 84.9 Å². The van der Waals surface area contributed by atoms with Crippen LogP contribution in [0.3, 0.4) is 0 Å². The number of ether oxygens (including phenoxy) is 3. The van der Waals surface area contributed by atoms with Gasteiger partial charge in [0.15, 0.2) is 11.5 Å². The molecular weight excluding hydrogens is 334 g/mol. The van der Waals surface area contributed by atoms with Crippen LogP contribution in [0.25, 0.3) is 10.9 Å². The monoisotopic (exact) mass is 353 g/mol. The van der Waals surface area contributed by atoms with Gasteiger partial charge in [-0.05, 0) is 24.3 Å². The Morgan fingerprint density at radius 1 is 1.00 bits per heavy atom. The fourth-order valence-corrected chi connectivity index (χ4v) is 2.58. The van der Waals surface area contributed by atoms with Crippen molar-refractivity contribution in [2.45, 2.75) is 0 Å². The molecule has 1 amide bonds. The average Bonchev–Trinajstić information content (AvgIpc) is 3.10. The van der Waals surface area contributed by atoms with E-state index >= 15 is 0 Å². The summed E-state index contributed by atoms with van der Waals surface area (Å²) < 4.78 is 15.8. The Balaban J connectivity index is 1.78. The number of rotatable bonds is 6. The predicted molar refractivity (Wildman–Crippen MR) is 99.5 cm³/mol. The number of nitrogens with one attached hydrogen (secondary N) is 2. The molecule has 0 aliphatic carbocycles. The first-order valence-corrected chi connectivity index (χ1v) is 7.87. The number of carbonyl (C=O) groups excluding carboxylic acids is 1. The van der Waals surface area contributed by atoms with E-state index in [0.717, 1.165) is 16.5 Å². The molecule has 0 aliphatic rings. The van der Waals surface area contributed by atoms with Gasteiger partial charge >= 0.3 is 0 Å². The van der Waals surface area contributed by atoms with Crippen LogP contribution in [0, 0.1) is 0 Å². The summed E-state index contributed by atoms with van der Waals surface area (Å²) >= 11 is 0. The molecule has 0 fully saturated rings. The molecule has 3 rings (SSSR count). The number of methoxy groups -OCH3 is 3. The van der Waals surface area contributed by atoms with Crippen molar-refractivity contribution in [1.29, 1.82) is 0 Å². The van der Waals surface area contributed by atoms with Gasteiger partial charge in [0, 0.05) is 22.5 Å². The molecule has 0 bridgehead atoms. The lowest BCUT2D eigenvalue weighted by Gasteiger charge is -2.06. The number of para-hydroxylation sites is 1. The molecule has 0 radical (unpaired) electrons. The zero-order valence-corrected chi connectivity index (χ0v) is 14.7. The minimum absolute atomic E-state index is 0.356. The fourth-order valence-electron chi connectivity index (χ4n) is 2.58. The second-order valence-corrected chi connectivity index (χ2v) is 5.42. The van der Waals surface area contributed by atoms with Crippen LogP contribution in [-0.4, -0.2) is 38.4 Å². The number of aromatic nitrogens is 1. The lowest BCUT2D eigenvalue weighted by molar-refractivity contribution is 0.0951. The van der Waals surface area contributed by atoms with E-state index in [0.29, 0.717) is 22.9 Å². The molecule has 0 saturated heterocycles. The highest BCUT2D eigenvalue weighted by Crippen LogP contribution is 2.32. The summed E-state index contributed by atoms with van der Waals surface area (Å²) in [6, 6.07) is 12.7. The number of amides is 1. The normalized spacial score (nSPS) is 10.9. The Hall–Kier alpha value is -3.48. The van der Waals surface area contributed by atoms with Gasteiger partial charge in [0.1, 0.15) is 11.4 Å². The van der Waals surface area contributed by atoms with Crippen LogP contribution in [-0.2, 0) is 0 Å². The van der Waals surface area contributed by atoms with Gasteiger partial charge in [-0.15, -0.1) is 0 Å². The second kappa shape index (κ2) is 7.60. The number of benzene rings is 2. The van der Waals surface area contributed by atoms with Gasteiger partial charge < -0.3 is 19.2 Å². The number of hydrogen-bond donors (Lipinski definition) is 2. The number of hydrazone groups is 1. The molecule has 3 aromatic rings. The highest BCUT2D eigenvalue weighted by atomic mass is 16.5. The summed E-state index contributed by atoms with van der Waals surface area (Å²) in [6.07, 6.45) is 1.53. The van der Waals surface area contributed by atoms with Crippen LogP contribution in [0.4, 0.5) is 0 Å². The maximum atomic E-state index is 12.3. The SMILES string of the molecule is COc1ccccc1C=NNC(=O)c1cc2cc(OC)c(OC)cc2[nH]1. The number of hydrogen-bond acceptors (Lipinski definition) is 5. The smallest absolute Gasteiger partial charge is 0.287 e. The number of H-pyrrole nitrogens is 1. The Morgan fingerprint density at radius 3 is 2.42 bits per heavy atom. The third-order valence-corrected chi connectivity index (χ3v) is 3.88. The van der Waals surface area contributed by atoms with Crippen molar-refractivity contribution >= 4 is 23.0 Å². The van der Waals surface area contributed by atoms with Gasteiger partial charge in [-0.25, -0.2) is 5.43 Å². The zero-order valence-electron chi connectivity index (χ0n) is 14.7. The van der Waals surface area contributed by atoms with Crippen LogP contribution in [0.1, 0.15) is 16.1 Å². The molecule has 1 aromatic heterocycles. The molecule has 2 aromatic carbocycles. The van der Waals surface area contributed by atoms with Crippen LogP contribution in [0.2, 0.25) is 0 Å². The van der Waals surface area contributed by atoms with E-state index in [4.69, 9.17) is 14.2 Å². The predicted octanol–water partition coefficient (Wildman–Crippen LogP) is 2.96. The van der Waals surface area contributed by atoms with Crippen LogP contribution in [0.5, 0.6) is 17.2 Å². The molecule has 2 N–H and O–H groups in total. The maximum absolute atomic E-state index is 12.3. The van der Waals surface area contributed by atoms with E-state index in [2.05, 4.69) is 15.5 Å². The minimum atomic E-state index is -0.356. The second-order valence-electron chi connectivity index (χ2n) is 5.42. The van der Waals surface area contributed by atoms with E-state index < -0.39 is 0 Å². The molecular formula is C19H19N3O4. The Labute approximate surface area is 150 Å². The number of nitrogens with zero attached hydrogens (tertiary/aromatic N) is 1. The standard InChI is InChI=1S/C19H19N3O4/c1-24-16-7-5-4-6-12(16)11-20-22-19(23)15-8-13-9-17(25-2)18(26-3)10-14(13)21-15/h4-11,21H,1-3H3,(H,22,23). The van der Waals surface area contributed by atoms with Gasteiger partial charge in [0.2, 0.25) is 0 Å². The average molecular weight is 353 g/mol. The van der Waals surface area contributed by atoms with Gasteiger partial charge in [-0.1, -0.05) is 12.1 Å². The minimum Gasteiger partial charge on any atom is -0.496 e. The first kappa shape index (κ1) is 17.3. The highest BCUT2D eigenvalue weighted by molar-refractivity contribution is 5.99. The van der Waals surface area contributed by atoms with Crippen molar-refractivity contribution in [3.8, 4) is 17.2 Å².